The van der Waals surface area contributed by atoms with E-state index in [4.69, 9.17) is 5.73 Å². The standard InChI is InChI=1S/C13H25N/c1-10-6-7-13(9-12(10)3)11(2)5-4-8-14/h10,12H,4-9,14H2,1-3H3/b13-11-. The molecule has 0 bridgehead atoms. The van der Waals surface area contributed by atoms with E-state index in [1.165, 1.54) is 25.7 Å². The van der Waals surface area contributed by atoms with Gasteiger partial charge in [0, 0.05) is 0 Å². The Morgan fingerprint density at radius 1 is 1.36 bits per heavy atom. The van der Waals surface area contributed by atoms with Crippen LogP contribution in [0.3, 0.4) is 0 Å². The lowest BCUT2D eigenvalue weighted by atomic mass is 9.77. The van der Waals surface area contributed by atoms with E-state index in [9.17, 15) is 0 Å². The molecule has 1 nitrogen and oxygen atoms in total. The molecule has 2 atom stereocenters. The lowest BCUT2D eigenvalue weighted by Crippen LogP contribution is -2.16. The number of allylic oxidation sites excluding steroid dienone is 2. The summed E-state index contributed by atoms with van der Waals surface area (Å²) in [4.78, 5) is 0. The summed E-state index contributed by atoms with van der Waals surface area (Å²) in [6, 6.07) is 0. The van der Waals surface area contributed by atoms with Gasteiger partial charge in [-0.2, -0.15) is 0 Å². The Balaban J connectivity index is 2.51. The summed E-state index contributed by atoms with van der Waals surface area (Å²) in [6.45, 7) is 7.90. The number of hydrogen-bond donors (Lipinski definition) is 1. The van der Waals surface area contributed by atoms with Crippen LogP contribution in [0.15, 0.2) is 11.1 Å². The number of nitrogens with two attached hydrogens (primary N) is 1. The Morgan fingerprint density at radius 3 is 2.64 bits per heavy atom. The highest BCUT2D eigenvalue weighted by Crippen LogP contribution is 2.35. The number of rotatable bonds is 3. The minimum Gasteiger partial charge on any atom is -0.330 e. The van der Waals surface area contributed by atoms with E-state index in [1.54, 1.807) is 11.1 Å². The average molecular weight is 195 g/mol. The van der Waals surface area contributed by atoms with Crippen LogP contribution >= 0.6 is 0 Å². The molecule has 82 valence electrons. The highest BCUT2D eigenvalue weighted by Gasteiger charge is 2.20. The molecular formula is C13H25N. The smallest absolute Gasteiger partial charge is 0.00742 e. The zero-order valence-electron chi connectivity index (χ0n) is 9.97. The van der Waals surface area contributed by atoms with Crippen molar-refractivity contribution in [2.45, 2.75) is 52.9 Å². The second-order valence-corrected chi connectivity index (χ2v) is 4.97. The van der Waals surface area contributed by atoms with Crippen molar-refractivity contribution < 1.29 is 0 Å². The van der Waals surface area contributed by atoms with E-state index in [-0.39, 0.29) is 0 Å². The molecule has 1 rings (SSSR count). The Labute approximate surface area is 88.8 Å². The largest absolute Gasteiger partial charge is 0.330 e. The third kappa shape index (κ3) is 3.13. The first kappa shape index (κ1) is 11.8. The highest BCUT2D eigenvalue weighted by molar-refractivity contribution is 5.15. The van der Waals surface area contributed by atoms with Crippen molar-refractivity contribution in [3.63, 3.8) is 0 Å². The van der Waals surface area contributed by atoms with Gasteiger partial charge in [0.25, 0.3) is 0 Å². The van der Waals surface area contributed by atoms with Crippen molar-refractivity contribution in [3.05, 3.63) is 11.1 Å². The Hall–Kier alpha value is -0.300. The molecule has 2 unspecified atom stereocenters. The van der Waals surface area contributed by atoms with E-state index in [2.05, 4.69) is 20.8 Å². The second kappa shape index (κ2) is 5.55. The van der Waals surface area contributed by atoms with Crippen LogP contribution in [0.4, 0.5) is 0 Å². The van der Waals surface area contributed by atoms with E-state index >= 15 is 0 Å². The molecule has 0 radical (unpaired) electrons. The van der Waals surface area contributed by atoms with Crippen LogP contribution in [0.1, 0.15) is 52.9 Å². The summed E-state index contributed by atoms with van der Waals surface area (Å²) in [5.41, 5.74) is 8.88. The summed E-state index contributed by atoms with van der Waals surface area (Å²) in [5.74, 6) is 1.80. The molecule has 0 aromatic heterocycles. The lowest BCUT2D eigenvalue weighted by molar-refractivity contribution is 0.321. The maximum atomic E-state index is 5.53. The van der Waals surface area contributed by atoms with E-state index in [0.717, 1.165) is 24.8 Å². The SMILES string of the molecule is C/C(CCCN)=C1\CCC(C)C(C)C1. The van der Waals surface area contributed by atoms with Crippen molar-refractivity contribution in [1.29, 1.82) is 0 Å². The summed E-state index contributed by atoms with van der Waals surface area (Å²) >= 11 is 0. The fraction of sp³-hybridized carbons (Fsp3) is 0.846. The van der Waals surface area contributed by atoms with Crippen LogP contribution < -0.4 is 5.73 Å². The summed E-state index contributed by atoms with van der Waals surface area (Å²) in [5, 5.41) is 0. The first-order valence-electron chi connectivity index (χ1n) is 6.02. The molecule has 1 heteroatoms. The highest BCUT2D eigenvalue weighted by atomic mass is 14.5. The molecule has 14 heavy (non-hydrogen) atoms. The van der Waals surface area contributed by atoms with Crippen molar-refractivity contribution in [3.8, 4) is 0 Å². The van der Waals surface area contributed by atoms with Gasteiger partial charge in [-0.15, -0.1) is 0 Å². The molecule has 1 saturated carbocycles. The third-order valence-corrected chi connectivity index (χ3v) is 3.80. The minimum absolute atomic E-state index is 0.830. The summed E-state index contributed by atoms with van der Waals surface area (Å²) in [7, 11) is 0. The lowest BCUT2D eigenvalue weighted by Gasteiger charge is -2.29. The van der Waals surface area contributed by atoms with Crippen LogP contribution in [0.2, 0.25) is 0 Å². The van der Waals surface area contributed by atoms with Crippen molar-refractivity contribution in [2.24, 2.45) is 17.6 Å². The van der Waals surface area contributed by atoms with Gasteiger partial charge in [0.1, 0.15) is 0 Å². The molecule has 0 aliphatic heterocycles. The molecule has 1 aliphatic carbocycles. The monoisotopic (exact) mass is 195 g/mol. The zero-order valence-corrected chi connectivity index (χ0v) is 9.97. The van der Waals surface area contributed by atoms with E-state index in [1.807, 2.05) is 0 Å². The van der Waals surface area contributed by atoms with Crippen LogP contribution in [0.25, 0.3) is 0 Å². The molecule has 0 amide bonds. The van der Waals surface area contributed by atoms with Crippen molar-refractivity contribution >= 4 is 0 Å². The van der Waals surface area contributed by atoms with Crippen molar-refractivity contribution in [1.82, 2.24) is 0 Å². The first-order chi connectivity index (χ1) is 6.65. The normalized spacial score (nSPS) is 31.7. The third-order valence-electron chi connectivity index (χ3n) is 3.80. The minimum atomic E-state index is 0.830. The van der Waals surface area contributed by atoms with Gasteiger partial charge in [-0.25, -0.2) is 0 Å². The molecular weight excluding hydrogens is 170 g/mol. The van der Waals surface area contributed by atoms with Gasteiger partial charge < -0.3 is 5.73 Å². The van der Waals surface area contributed by atoms with Gasteiger partial charge in [-0.1, -0.05) is 25.0 Å². The molecule has 0 saturated heterocycles. The Morgan fingerprint density at radius 2 is 2.07 bits per heavy atom. The topological polar surface area (TPSA) is 26.0 Å². The molecule has 1 aliphatic rings. The summed E-state index contributed by atoms with van der Waals surface area (Å²) < 4.78 is 0. The first-order valence-corrected chi connectivity index (χ1v) is 6.02. The Bertz CT molecular complexity index is 205. The maximum Gasteiger partial charge on any atom is -0.00742 e. The van der Waals surface area contributed by atoms with Gasteiger partial charge in [-0.05, 0) is 57.4 Å². The zero-order chi connectivity index (χ0) is 10.6. The van der Waals surface area contributed by atoms with Crippen LogP contribution in [0.5, 0.6) is 0 Å². The molecule has 0 aromatic carbocycles. The van der Waals surface area contributed by atoms with Crippen molar-refractivity contribution in [2.75, 3.05) is 6.54 Å². The quantitative estimate of drug-likeness (QED) is 0.685. The second-order valence-electron chi connectivity index (χ2n) is 4.97. The predicted molar refractivity (Wildman–Crippen MR) is 63.2 cm³/mol. The Kier molecular flexibility index (Phi) is 4.67. The van der Waals surface area contributed by atoms with E-state index in [0.29, 0.717) is 0 Å². The van der Waals surface area contributed by atoms with Crippen LogP contribution in [-0.4, -0.2) is 6.54 Å². The van der Waals surface area contributed by atoms with E-state index < -0.39 is 0 Å². The predicted octanol–water partition coefficient (Wildman–Crippen LogP) is 3.50. The maximum absolute atomic E-state index is 5.53. The molecule has 2 N–H and O–H groups in total. The molecule has 0 spiro atoms. The van der Waals surface area contributed by atoms with Gasteiger partial charge >= 0.3 is 0 Å². The summed E-state index contributed by atoms with van der Waals surface area (Å²) in [6.07, 6.45) is 6.42. The van der Waals surface area contributed by atoms with Gasteiger partial charge in [0.2, 0.25) is 0 Å². The molecule has 0 heterocycles. The fourth-order valence-electron chi connectivity index (χ4n) is 2.31. The molecule has 1 fully saturated rings. The van der Waals surface area contributed by atoms with Crippen LogP contribution in [0, 0.1) is 11.8 Å². The molecule has 0 aromatic rings. The number of hydrogen-bond acceptors (Lipinski definition) is 1. The van der Waals surface area contributed by atoms with Crippen LogP contribution in [-0.2, 0) is 0 Å². The average Bonchev–Trinajstić information content (AvgIpc) is 2.18. The van der Waals surface area contributed by atoms with Gasteiger partial charge in [0.05, 0.1) is 0 Å². The van der Waals surface area contributed by atoms with Gasteiger partial charge in [0.15, 0.2) is 0 Å². The van der Waals surface area contributed by atoms with Gasteiger partial charge in [-0.3, -0.25) is 0 Å². The fourth-order valence-corrected chi connectivity index (χ4v) is 2.31.